The molecule has 1 aliphatic heterocycles. The van der Waals surface area contributed by atoms with Crippen LogP contribution in [0.3, 0.4) is 0 Å². The molecule has 1 atom stereocenters. The van der Waals surface area contributed by atoms with E-state index in [2.05, 4.69) is 4.98 Å². The Labute approximate surface area is 142 Å². The van der Waals surface area contributed by atoms with Crippen LogP contribution in [0.25, 0.3) is 0 Å². The Morgan fingerprint density at radius 2 is 2.08 bits per heavy atom. The highest BCUT2D eigenvalue weighted by atomic mass is 32.1. The van der Waals surface area contributed by atoms with Gasteiger partial charge in [0.1, 0.15) is 10.7 Å². The number of carbonyl (C=O) groups is 2. The molecule has 1 aliphatic rings. The average Bonchev–Trinajstić information content (AvgIpc) is 3.02. The van der Waals surface area contributed by atoms with Crippen LogP contribution in [0.5, 0.6) is 0 Å². The maximum atomic E-state index is 13.0. The van der Waals surface area contributed by atoms with Gasteiger partial charge in [0.05, 0.1) is 11.7 Å². The van der Waals surface area contributed by atoms with Crippen LogP contribution in [0.15, 0.2) is 24.3 Å². The lowest BCUT2D eigenvalue weighted by atomic mass is 10.2. The minimum Gasteiger partial charge on any atom is -0.477 e. The van der Waals surface area contributed by atoms with Crippen molar-refractivity contribution < 1.29 is 19.1 Å². The second-order valence-corrected chi connectivity index (χ2v) is 6.70. The Hall–Kier alpha value is -2.48. The first-order valence-corrected chi connectivity index (χ1v) is 8.21. The number of aromatic carboxylic acids is 1. The predicted molar refractivity (Wildman–Crippen MR) is 88.0 cm³/mol. The van der Waals surface area contributed by atoms with Gasteiger partial charge in [0.2, 0.25) is 0 Å². The van der Waals surface area contributed by atoms with Crippen molar-refractivity contribution in [1.29, 1.82) is 0 Å². The van der Waals surface area contributed by atoms with Crippen molar-refractivity contribution in [2.45, 2.75) is 26.4 Å². The Kier molecular flexibility index (Phi) is 4.23. The summed E-state index contributed by atoms with van der Waals surface area (Å²) < 4.78 is 13.0. The highest BCUT2D eigenvalue weighted by Gasteiger charge is 2.37. The van der Waals surface area contributed by atoms with Crippen molar-refractivity contribution in [3.8, 4) is 0 Å². The van der Waals surface area contributed by atoms with E-state index < -0.39 is 5.97 Å². The van der Waals surface area contributed by atoms with E-state index in [1.165, 1.54) is 17.0 Å². The van der Waals surface area contributed by atoms with Crippen molar-refractivity contribution in [3.05, 3.63) is 46.2 Å². The van der Waals surface area contributed by atoms with Gasteiger partial charge in [-0.2, -0.15) is 0 Å². The van der Waals surface area contributed by atoms with Crippen molar-refractivity contribution in [1.82, 2.24) is 9.88 Å². The van der Waals surface area contributed by atoms with Crippen molar-refractivity contribution >= 4 is 28.5 Å². The van der Waals surface area contributed by atoms with E-state index in [1.54, 1.807) is 24.0 Å². The van der Waals surface area contributed by atoms with Crippen LogP contribution in [-0.4, -0.2) is 39.6 Å². The molecule has 2 aromatic rings. The number of aryl methyl sites for hydroxylation is 1. The zero-order valence-electron chi connectivity index (χ0n) is 13.2. The first-order chi connectivity index (χ1) is 11.4. The molecule has 1 saturated heterocycles. The van der Waals surface area contributed by atoms with Crippen LogP contribution >= 0.6 is 11.3 Å². The van der Waals surface area contributed by atoms with E-state index in [1.807, 2.05) is 6.92 Å². The number of amides is 2. The van der Waals surface area contributed by atoms with Gasteiger partial charge in [0.15, 0.2) is 5.13 Å². The number of carbonyl (C=O) groups excluding carboxylic acids is 1. The predicted octanol–water partition coefficient (Wildman–Crippen LogP) is 3.12. The van der Waals surface area contributed by atoms with Crippen molar-refractivity contribution in [2.24, 2.45) is 0 Å². The fourth-order valence-electron chi connectivity index (χ4n) is 2.72. The number of nitrogens with zero attached hydrogens (tertiary/aromatic N) is 3. The molecule has 0 radical (unpaired) electrons. The second-order valence-electron chi connectivity index (χ2n) is 5.72. The van der Waals surface area contributed by atoms with Gasteiger partial charge in [0, 0.05) is 13.1 Å². The number of thiazole rings is 1. The van der Waals surface area contributed by atoms with Crippen LogP contribution in [-0.2, 0) is 6.54 Å². The summed E-state index contributed by atoms with van der Waals surface area (Å²) in [7, 11) is 0. The first kappa shape index (κ1) is 16.4. The number of urea groups is 1. The van der Waals surface area contributed by atoms with Gasteiger partial charge in [-0.25, -0.2) is 19.0 Å². The quantitative estimate of drug-likeness (QED) is 0.920. The standard InChI is InChI=1S/C16H16FN3O3S/c1-9-7-19(8-11-3-5-12(17)6-4-11)16(23)20(9)15-18-10(2)13(24-15)14(21)22/h3-6,9H,7-8H2,1-2H3,(H,21,22)/t9-/m0/s1. The van der Waals surface area contributed by atoms with Crippen molar-refractivity contribution in [2.75, 3.05) is 11.4 Å². The Balaban J connectivity index is 1.81. The molecule has 2 heterocycles. The molecule has 1 aromatic heterocycles. The molecule has 24 heavy (non-hydrogen) atoms. The first-order valence-electron chi connectivity index (χ1n) is 7.40. The summed E-state index contributed by atoms with van der Waals surface area (Å²) in [5, 5.41) is 9.54. The largest absolute Gasteiger partial charge is 0.477 e. The number of hydrogen-bond acceptors (Lipinski definition) is 4. The van der Waals surface area contributed by atoms with Gasteiger partial charge in [0.25, 0.3) is 0 Å². The SMILES string of the molecule is Cc1nc(N2C(=O)N(Cc3ccc(F)cc3)C[C@@H]2C)sc1C(=O)O. The number of benzene rings is 1. The molecule has 0 saturated carbocycles. The van der Waals surface area contributed by atoms with Crippen LogP contribution < -0.4 is 4.90 Å². The number of hydrogen-bond donors (Lipinski definition) is 1. The number of carboxylic acid groups (broad SMARTS) is 1. The van der Waals surface area contributed by atoms with Crippen LogP contribution in [0.2, 0.25) is 0 Å². The van der Waals surface area contributed by atoms with Gasteiger partial charge in [-0.15, -0.1) is 0 Å². The highest BCUT2D eigenvalue weighted by molar-refractivity contribution is 7.17. The third-order valence-electron chi connectivity index (χ3n) is 3.87. The summed E-state index contributed by atoms with van der Waals surface area (Å²) in [6, 6.07) is 5.67. The zero-order chi connectivity index (χ0) is 17.4. The molecule has 1 fully saturated rings. The molecule has 2 amide bonds. The summed E-state index contributed by atoms with van der Waals surface area (Å²) >= 11 is 1.00. The van der Waals surface area contributed by atoms with E-state index in [9.17, 15) is 14.0 Å². The third kappa shape index (κ3) is 2.96. The maximum absolute atomic E-state index is 13.0. The van der Waals surface area contributed by atoms with Crippen molar-refractivity contribution in [3.63, 3.8) is 0 Å². The molecule has 1 aromatic carbocycles. The molecular weight excluding hydrogens is 333 g/mol. The van der Waals surface area contributed by atoms with Gasteiger partial charge in [-0.3, -0.25) is 4.90 Å². The Morgan fingerprint density at radius 1 is 1.42 bits per heavy atom. The van der Waals surface area contributed by atoms with Gasteiger partial charge in [-0.1, -0.05) is 23.5 Å². The smallest absolute Gasteiger partial charge is 0.347 e. The number of rotatable bonds is 4. The molecule has 8 heteroatoms. The molecule has 6 nitrogen and oxygen atoms in total. The number of halogens is 1. The third-order valence-corrected chi connectivity index (χ3v) is 5.02. The minimum atomic E-state index is -1.04. The summed E-state index contributed by atoms with van der Waals surface area (Å²) in [4.78, 5) is 31.4. The number of anilines is 1. The van der Waals surface area contributed by atoms with Crippen LogP contribution in [0.1, 0.15) is 27.9 Å². The molecule has 0 unspecified atom stereocenters. The monoisotopic (exact) mass is 349 g/mol. The number of carboxylic acids is 1. The lowest BCUT2D eigenvalue weighted by molar-refractivity contribution is 0.0701. The fraction of sp³-hybridized carbons (Fsp3) is 0.312. The highest BCUT2D eigenvalue weighted by Crippen LogP contribution is 2.31. The fourth-order valence-corrected chi connectivity index (χ4v) is 3.72. The van der Waals surface area contributed by atoms with E-state index in [0.29, 0.717) is 23.9 Å². The molecule has 0 bridgehead atoms. The van der Waals surface area contributed by atoms with E-state index in [-0.39, 0.29) is 22.8 Å². The maximum Gasteiger partial charge on any atom is 0.347 e. The average molecular weight is 349 g/mol. The molecule has 0 aliphatic carbocycles. The number of aromatic nitrogens is 1. The Morgan fingerprint density at radius 3 is 2.67 bits per heavy atom. The zero-order valence-corrected chi connectivity index (χ0v) is 14.0. The van der Waals surface area contributed by atoms with Gasteiger partial charge >= 0.3 is 12.0 Å². The summed E-state index contributed by atoms with van der Waals surface area (Å²) in [6.07, 6.45) is 0. The van der Waals surface area contributed by atoms with E-state index in [0.717, 1.165) is 16.9 Å². The molecule has 3 rings (SSSR count). The Bertz CT molecular complexity index is 790. The lowest BCUT2D eigenvalue weighted by Gasteiger charge is -2.17. The lowest BCUT2D eigenvalue weighted by Crippen LogP contribution is -2.33. The summed E-state index contributed by atoms with van der Waals surface area (Å²) in [6.45, 7) is 4.37. The van der Waals surface area contributed by atoms with Crippen LogP contribution in [0, 0.1) is 12.7 Å². The van der Waals surface area contributed by atoms with Crippen LogP contribution in [0.4, 0.5) is 14.3 Å². The molecular formula is C16H16FN3O3S. The molecule has 126 valence electrons. The van der Waals surface area contributed by atoms with Gasteiger partial charge in [-0.05, 0) is 31.5 Å². The van der Waals surface area contributed by atoms with E-state index >= 15 is 0 Å². The summed E-state index contributed by atoms with van der Waals surface area (Å²) in [5.74, 6) is -1.36. The topological polar surface area (TPSA) is 73.7 Å². The molecule has 0 spiro atoms. The molecule has 1 N–H and O–H groups in total. The minimum absolute atomic E-state index is 0.120. The van der Waals surface area contributed by atoms with E-state index in [4.69, 9.17) is 5.11 Å². The summed E-state index contributed by atoms with van der Waals surface area (Å²) in [5.41, 5.74) is 1.24. The second kappa shape index (κ2) is 6.20. The normalized spacial score (nSPS) is 17.6. The van der Waals surface area contributed by atoms with Gasteiger partial charge < -0.3 is 10.0 Å².